The van der Waals surface area contributed by atoms with Crippen LogP contribution < -0.4 is 27.5 Å². The van der Waals surface area contributed by atoms with Crippen LogP contribution in [0.2, 0.25) is 0 Å². The highest BCUT2D eigenvalue weighted by atomic mass is 32.2. The molecule has 0 aliphatic carbocycles. The first-order chi connectivity index (χ1) is 18.7. The van der Waals surface area contributed by atoms with E-state index in [1.807, 2.05) is 27.7 Å². The lowest BCUT2D eigenvalue weighted by Crippen LogP contribution is -2.66. The first-order valence-electron chi connectivity index (χ1n) is 13.8. The fourth-order valence-corrected chi connectivity index (χ4v) is 7.61. The number of carboxylic acid groups (broad SMARTS) is 1. The molecule has 8 N–H and O–H groups in total. The third-order valence-electron chi connectivity index (χ3n) is 8.19. The molecule has 3 fully saturated rings. The number of hydrogen-bond acceptors (Lipinski definition) is 9. The fourth-order valence-electron chi connectivity index (χ4n) is 6.13. The first kappa shape index (κ1) is 30.1. The number of carbonyl (C=O) groups is 4. The van der Waals surface area contributed by atoms with Gasteiger partial charge in [-0.1, -0.05) is 27.7 Å². The molecule has 7 atom stereocenters. The lowest BCUT2D eigenvalue weighted by molar-refractivity contribution is -0.158. The van der Waals surface area contributed by atoms with Crippen LogP contribution in [-0.2, 0) is 19.2 Å². The van der Waals surface area contributed by atoms with E-state index in [-0.39, 0.29) is 64.7 Å². The number of hydrazone groups is 1. The van der Waals surface area contributed by atoms with E-state index < -0.39 is 17.9 Å². The number of nitrogens with one attached hydrogen (secondary N) is 3. The Morgan fingerprint density at radius 3 is 2.58 bits per heavy atom. The SMILES string of the molecule is C[C@@H](NC(=O)CN/C(=N\N)C(C)(C)C)[C@H]1C(=O)N2C(C(=O)O)=C(S[C@@H]3CN[C@H](C(=O)N4CC[C@@H](N)C4)C3)[C@H](C)[C@H]12. The van der Waals surface area contributed by atoms with E-state index in [9.17, 15) is 24.3 Å². The van der Waals surface area contributed by atoms with E-state index in [2.05, 4.69) is 21.1 Å². The number of amidine groups is 1. The predicted molar refractivity (Wildman–Crippen MR) is 152 cm³/mol. The maximum absolute atomic E-state index is 13.2. The van der Waals surface area contributed by atoms with Crippen molar-refractivity contribution in [3.63, 3.8) is 0 Å². The summed E-state index contributed by atoms with van der Waals surface area (Å²) in [7, 11) is 0. The summed E-state index contributed by atoms with van der Waals surface area (Å²) >= 11 is 1.44. The molecule has 4 rings (SSSR count). The Kier molecular flexibility index (Phi) is 8.71. The maximum atomic E-state index is 13.2. The number of hydrogen-bond donors (Lipinski definition) is 6. The van der Waals surface area contributed by atoms with Crippen LogP contribution in [-0.4, -0.2) is 100 Å². The predicted octanol–water partition coefficient (Wildman–Crippen LogP) is -0.805. The summed E-state index contributed by atoms with van der Waals surface area (Å²) in [6, 6.07) is -1.18. The van der Waals surface area contributed by atoms with Crippen molar-refractivity contribution in [2.45, 2.75) is 76.9 Å². The van der Waals surface area contributed by atoms with E-state index in [1.54, 1.807) is 11.8 Å². The maximum Gasteiger partial charge on any atom is 0.353 e. The molecule has 222 valence electrons. The van der Waals surface area contributed by atoms with Gasteiger partial charge in [0.25, 0.3) is 0 Å². The Labute approximate surface area is 238 Å². The van der Waals surface area contributed by atoms with Crippen molar-refractivity contribution in [3.05, 3.63) is 10.6 Å². The molecule has 4 aliphatic heterocycles. The van der Waals surface area contributed by atoms with Crippen LogP contribution in [0.4, 0.5) is 0 Å². The fraction of sp³-hybridized carbons (Fsp3) is 0.731. The summed E-state index contributed by atoms with van der Waals surface area (Å²) in [4.78, 5) is 54.9. The normalized spacial score (nSPS) is 31.2. The number of fused-ring (bicyclic) bond motifs is 1. The molecule has 3 amide bonds. The van der Waals surface area contributed by atoms with Gasteiger partial charge in [0.2, 0.25) is 17.7 Å². The van der Waals surface area contributed by atoms with Gasteiger partial charge < -0.3 is 42.4 Å². The molecule has 4 heterocycles. The van der Waals surface area contributed by atoms with Crippen molar-refractivity contribution < 1.29 is 24.3 Å². The van der Waals surface area contributed by atoms with Gasteiger partial charge in [0.1, 0.15) is 11.5 Å². The summed E-state index contributed by atoms with van der Waals surface area (Å²) in [6.45, 7) is 11.2. The highest BCUT2D eigenvalue weighted by Gasteiger charge is 2.60. The standard InChI is InChI=1S/C26H42N8O5S/c1-12-19-18(13(2)31-17(35)10-30-25(32-28)26(3,4)5)23(37)34(19)20(24(38)39)21(12)40-15-8-16(29-9-15)22(36)33-7-6-14(27)11-33/h12-16,18-19,29H,6-11,27-28H2,1-5H3,(H,30,32)(H,31,35)(H,38,39)/t12-,13-,14-,15+,16+,18-,19-/m1/s1. The van der Waals surface area contributed by atoms with Gasteiger partial charge >= 0.3 is 5.97 Å². The van der Waals surface area contributed by atoms with Crippen molar-refractivity contribution in [1.82, 2.24) is 25.8 Å². The van der Waals surface area contributed by atoms with Crippen molar-refractivity contribution in [2.24, 2.45) is 33.9 Å². The molecule has 0 aromatic rings. The highest BCUT2D eigenvalue weighted by molar-refractivity contribution is 8.03. The molecule has 40 heavy (non-hydrogen) atoms. The van der Waals surface area contributed by atoms with Gasteiger partial charge in [-0.15, -0.1) is 11.8 Å². The molecule has 14 heteroatoms. The van der Waals surface area contributed by atoms with Crippen LogP contribution in [0.15, 0.2) is 15.7 Å². The third kappa shape index (κ3) is 5.79. The number of β-lactam (4-membered cyclic amide) rings is 1. The molecule has 0 saturated carbocycles. The summed E-state index contributed by atoms with van der Waals surface area (Å²) in [5, 5.41) is 22.9. The molecule has 0 aromatic heterocycles. The minimum absolute atomic E-state index is 0.00583. The lowest BCUT2D eigenvalue weighted by Gasteiger charge is -2.47. The first-order valence-corrected chi connectivity index (χ1v) is 14.7. The number of carbonyl (C=O) groups excluding carboxylic acids is 3. The molecule has 0 radical (unpaired) electrons. The number of rotatable bonds is 8. The van der Waals surface area contributed by atoms with Crippen molar-refractivity contribution in [1.29, 1.82) is 0 Å². The van der Waals surface area contributed by atoms with Gasteiger partial charge in [-0.25, -0.2) is 4.79 Å². The molecule has 13 nitrogen and oxygen atoms in total. The monoisotopic (exact) mass is 578 g/mol. The Morgan fingerprint density at radius 1 is 1.30 bits per heavy atom. The van der Waals surface area contributed by atoms with Crippen molar-refractivity contribution in [3.8, 4) is 0 Å². The summed E-state index contributed by atoms with van der Waals surface area (Å²) in [6.07, 6.45) is 1.37. The van der Waals surface area contributed by atoms with Crippen LogP contribution in [0, 0.1) is 17.3 Å². The number of nitrogens with two attached hydrogens (primary N) is 2. The highest BCUT2D eigenvalue weighted by Crippen LogP contribution is 2.51. The third-order valence-corrected chi connectivity index (χ3v) is 9.70. The minimum Gasteiger partial charge on any atom is -0.477 e. The van der Waals surface area contributed by atoms with Gasteiger partial charge in [0.05, 0.1) is 24.5 Å². The van der Waals surface area contributed by atoms with E-state index in [1.165, 1.54) is 16.7 Å². The number of thioether (sulfide) groups is 1. The van der Waals surface area contributed by atoms with Crippen molar-refractivity contribution in [2.75, 3.05) is 26.2 Å². The van der Waals surface area contributed by atoms with Gasteiger partial charge in [-0.05, 0) is 19.8 Å². The van der Waals surface area contributed by atoms with Gasteiger partial charge in [-0.3, -0.25) is 14.4 Å². The summed E-state index contributed by atoms with van der Waals surface area (Å²) < 4.78 is 0. The number of nitrogens with zero attached hydrogens (tertiary/aromatic N) is 3. The number of likely N-dealkylation sites (tertiary alicyclic amines) is 1. The zero-order valence-corrected chi connectivity index (χ0v) is 24.6. The number of amides is 3. The largest absolute Gasteiger partial charge is 0.477 e. The van der Waals surface area contributed by atoms with Crippen molar-refractivity contribution >= 4 is 41.3 Å². The van der Waals surface area contributed by atoms with Gasteiger partial charge in [0.15, 0.2) is 0 Å². The zero-order chi connectivity index (χ0) is 29.5. The second-order valence-corrected chi connectivity index (χ2v) is 13.6. The Hall–Kier alpha value is -2.84. The molecule has 0 spiro atoms. The smallest absolute Gasteiger partial charge is 0.353 e. The molecule has 3 saturated heterocycles. The van der Waals surface area contributed by atoms with E-state index >= 15 is 0 Å². The van der Waals surface area contributed by atoms with Crippen LogP contribution in [0.1, 0.15) is 47.5 Å². The topological polar surface area (TPSA) is 195 Å². The molecule has 0 bridgehead atoms. The molecular weight excluding hydrogens is 536 g/mol. The molecule has 0 aromatic carbocycles. The van der Waals surface area contributed by atoms with Crippen LogP contribution in [0.5, 0.6) is 0 Å². The van der Waals surface area contributed by atoms with Gasteiger partial charge in [-0.2, -0.15) is 5.10 Å². The average molecular weight is 579 g/mol. The molecule has 0 unspecified atom stereocenters. The van der Waals surface area contributed by atoms with Gasteiger partial charge in [0, 0.05) is 53.2 Å². The van der Waals surface area contributed by atoms with Crippen LogP contribution in [0.25, 0.3) is 0 Å². The number of aliphatic carboxylic acids is 1. The van der Waals surface area contributed by atoms with E-state index in [0.717, 1.165) is 6.42 Å². The second-order valence-electron chi connectivity index (χ2n) is 12.2. The molecule has 4 aliphatic rings. The second kappa shape index (κ2) is 11.6. The Morgan fingerprint density at radius 2 is 2.00 bits per heavy atom. The quantitative estimate of drug-likeness (QED) is 0.0697. The Balaban J connectivity index is 1.38. The Bertz CT molecular complexity index is 1120. The zero-order valence-electron chi connectivity index (χ0n) is 23.8. The summed E-state index contributed by atoms with van der Waals surface area (Å²) in [5.74, 6) is 3.41. The van der Waals surface area contributed by atoms with E-state index in [0.29, 0.717) is 36.8 Å². The lowest BCUT2D eigenvalue weighted by atomic mass is 9.78. The molecular formula is C26H42N8O5S. The number of carboxylic acids is 1. The van der Waals surface area contributed by atoms with Crippen LogP contribution >= 0.6 is 11.8 Å². The minimum atomic E-state index is -1.15. The van der Waals surface area contributed by atoms with E-state index in [4.69, 9.17) is 11.6 Å². The van der Waals surface area contributed by atoms with Crippen LogP contribution in [0.3, 0.4) is 0 Å². The summed E-state index contributed by atoms with van der Waals surface area (Å²) in [5.41, 5.74) is 5.61. The average Bonchev–Trinajstić information content (AvgIpc) is 3.56.